The summed E-state index contributed by atoms with van der Waals surface area (Å²) in [6.07, 6.45) is 6.64. The molecule has 0 saturated heterocycles. The summed E-state index contributed by atoms with van der Waals surface area (Å²) in [4.78, 5) is 16.6. The number of nitrogens with zero attached hydrogens (tertiary/aromatic N) is 1. The number of carbonyl (C=O) groups excluding carboxylic acids is 1. The van der Waals surface area contributed by atoms with Crippen molar-refractivity contribution in [2.45, 2.75) is 46.5 Å². The Morgan fingerprint density at radius 2 is 2.10 bits per heavy atom. The Morgan fingerprint density at radius 3 is 2.75 bits per heavy atom. The first-order valence-electron chi connectivity index (χ1n) is 7.53. The highest BCUT2D eigenvalue weighted by Gasteiger charge is 2.29. The Kier molecular flexibility index (Phi) is 4.63. The summed E-state index contributed by atoms with van der Waals surface area (Å²) in [5.41, 5.74) is 2.69. The zero-order valence-electron chi connectivity index (χ0n) is 12.8. The molecule has 110 valence electrons. The summed E-state index contributed by atoms with van der Waals surface area (Å²) in [5, 5.41) is 6.32. The molecule has 4 nitrogen and oxygen atoms in total. The van der Waals surface area contributed by atoms with Gasteiger partial charge in [0, 0.05) is 25.0 Å². The molecule has 1 aliphatic rings. The fourth-order valence-electron chi connectivity index (χ4n) is 2.87. The second kappa shape index (κ2) is 6.25. The van der Waals surface area contributed by atoms with E-state index in [2.05, 4.69) is 22.5 Å². The topological polar surface area (TPSA) is 54.0 Å². The lowest BCUT2D eigenvalue weighted by Crippen LogP contribution is -2.34. The Hall–Kier alpha value is -1.58. The Morgan fingerprint density at radius 1 is 1.40 bits per heavy atom. The zero-order chi connectivity index (χ0) is 14.6. The maximum atomic E-state index is 12.4. The van der Waals surface area contributed by atoms with Gasteiger partial charge in [-0.15, -0.1) is 0 Å². The molecule has 2 rings (SSSR count). The predicted octanol–water partition coefficient (Wildman–Crippen LogP) is 3.13. The minimum absolute atomic E-state index is 0.0263. The second-order valence-corrected chi connectivity index (χ2v) is 6.10. The maximum Gasteiger partial charge on any atom is 0.254 e. The van der Waals surface area contributed by atoms with E-state index in [1.807, 2.05) is 19.9 Å². The lowest BCUT2D eigenvalue weighted by Gasteiger charge is -2.24. The summed E-state index contributed by atoms with van der Waals surface area (Å²) in [7, 11) is 0. The second-order valence-electron chi connectivity index (χ2n) is 6.10. The van der Waals surface area contributed by atoms with E-state index < -0.39 is 0 Å². The third-order valence-corrected chi connectivity index (χ3v) is 4.14. The largest absolute Gasteiger partial charge is 0.385 e. The molecule has 0 aliphatic heterocycles. The average Bonchev–Trinajstić information content (AvgIpc) is 2.84. The number of hydrogen-bond donors (Lipinski definition) is 2. The van der Waals surface area contributed by atoms with Gasteiger partial charge >= 0.3 is 0 Å². The van der Waals surface area contributed by atoms with Crippen molar-refractivity contribution in [3.8, 4) is 0 Å². The fraction of sp³-hybridized carbons (Fsp3) is 0.625. The molecule has 4 heteroatoms. The van der Waals surface area contributed by atoms with Crippen LogP contribution in [-0.4, -0.2) is 24.0 Å². The molecule has 1 fully saturated rings. The van der Waals surface area contributed by atoms with Gasteiger partial charge in [0.15, 0.2) is 0 Å². The molecular weight excluding hydrogens is 250 g/mol. The molecule has 0 aromatic carbocycles. The Balaban J connectivity index is 2.05. The van der Waals surface area contributed by atoms with Crippen LogP contribution in [0.3, 0.4) is 0 Å². The van der Waals surface area contributed by atoms with E-state index >= 15 is 0 Å². The highest BCUT2D eigenvalue weighted by atomic mass is 16.1. The molecule has 0 atom stereocenters. The molecule has 1 aromatic rings. The summed E-state index contributed by atoms with van der Waals surface area (Å²) < 4.78 is 0. The summed E-state index contributed by atoms with van der Waals surface area (Å²) in [6, 6.07) is 1.93. The van der Waals surface area contributed by atoms with Gasteiger partial charge in [0.05, 0.1) is 11.3 Å². The smallest absolute Gasteiger partial charge is 0.254 e. The fourth-order valence-corrected chi connectivity index (χ4v) is 2.87. The van der Waals surface area contributed by atoms with Gasteiger partial charge in [0.2, 0.25) is 0 Å². The van der Waals surface area contributed by atoms with Crippen molar-refractivity contribution in [3.05, 3.63) is 23.5 Å². The molecule has 0 unspecified atom stereocenters. The average molecular weight is 275 g/mol. The number of carbonyl (C=O) groups is 1. The zero-order valence-corrected chi connectivity index (χ0v) is 12.8. The minimum atomic E-state index is -0.0263. The van der Waals surface area contributed by atoms with E-state index in [4.69, 9.17) is 0 Å². The lowest BCUT2D eigenvalue weighted by atomic mass is 9.89. The molecule has 1 saturated carbocycles. The van der Waals surface area contributed by atoms with Crippen LogP contribution < -0.4 is 10.6 Å². The first-order chi connectivity index (χ1) is 9.54. The van der Waals surface area contributed by atoms with Gasteiger partial charge in [-0.05, 0) is 38.2 Å². The number of nitrogens with one attached hydrogen (secondary N) is 2. The summed E-state index contributed by atoms with van der Waals surface area (Å²) in [6.45, 7) is 7.77. The predicted molar refractivity (Wildman–Crippen MR) is 82.0 cm³/mol. The highest BCUT2D eigenvalue weighted by Crippen LogP contribution is 2.36. The molecule has 1 heterocycles. The standard InChI is InChI=1S/C16H25N3O/c1-4-17-14-9-12(2)18-10-13(14)15(20)19-11-16(3)7-5-6-8-16/h9-10H,4-8,11H2,1-3H3,(H,17,18)(H,19,20). The molecule has 1 aromatic heterocycles. The van der Waals surface area contributed by atoms with Crippen molar-refractivity contribution < 1.29 is 4.79 Å². The molecular formula is C16H25N3O. The first-order valence-corrected chi connectivity index (χ1v) is 7.53. The molecule has 1 aliphatic carbocycles. The number of amides is 1. The summed E-state index contributed by atoms with van der Waals surface area (Å²) >= 11 is 0. The number of hydrogen-bond acceptors (Lipinski definition) is 3. The van der Waals surface area contributed by atoms with Crippen LogP contribution in [0.5, 0.6) is 0 Å². The van der Waals surface area contributed by atoms with Crippen molar-refractivity contribution in [1.29, 1.82) is 0 Å². The Bertz CT molecular complexity index is 479. The first kappa shape index (κ1) is 14.8. The molecule has 1 amide bonds. The molecule has 20 heavy (non-hydrogen) atoms. The van der Waals surface area contributed by atoms with Crippen LogP contribution in [0, 0.1) is 12.3 Å². The van der Waals surface area contributed by atoms with Crippen LogP contribution in [0.25, 0.3) is 0 Å². The van der Waals surface area contributed by atoms with E-state index in [0.717, 1.165) is 24.5 Å². The Labute approximate surface area is 121 Å². The maximum absolute atomic E-state index is 12.4. The van der Waals surface area contributed by atoms with Gasteiger partial charge in [0.1, 0.15) is 0 Å². The van der Waals surface area contributed by atoms with Crippen LogP contribution in [0.1, 0.15) is 55.6 Å². The summed E-state index contributed by atoms with van der Waals surface area (Å²) in [5.74, 6) is -0.0263. The van der Waals surface area contributed by atoms with Crippen molar-refractivity contribution in [1.82, 2.24) is 10.3 Å². The molecule has 2 N–H and O–H groups in total. The third kappa shape index (κ3) is 3.50. The molecule has 0 radical (unpaired) electrons. The van der Waals surface area contributed by atoms with Crippen molar-refractivity contribution in [2.75, 3.05) is 18.4 Å². The lowest BCUT2D eigenvalue weighted by molar-refractivity contribution is 0.0934. The van der Waals surface area contributed by atoms with Gasteiger partial charge in [0.25, 0.3) is 5.91 Å². The SMILES string of the molecule is CCNc1cc(C)ncc1C(=O)NCC1(C)CCCC1. The van der Waals surface area contributed by atoms with Crippen molar-refractivity contribution in [3.63, 3.8) is 0 Å². The van der Waals surface area contributed by atoms with Crippen LogP contribution in [-0.2, 0) is 0 Å². The normalized spacial score (nSPS) is 16.9. The van der Waals surface area contributed by atoms with Gasteiger partial charge in [-0.1, -0.05) is 19.8 Å². The van der Waals surface area contributed by atoms with E-state index in [-0.39, 0.29) is 11.3 Å². The van der Waals surface area contributed by atoms with E-state index in [1.165, 1.54) is 25.7 Å². The minimum Gasteiger partial charge on any atom is -0.385 e. The molecule has 0 bridgehead atoms. The quantitative estimate of drug-likeness (QED) is 0.868. The van der Waals surface area contributed by atoms with E-state index in [0.29, 0.717) is 5.56 Å². The van der Waals surface area contributed by atoms with E-state index in [9.17, 15) is 4.79 Å². The third-order valence-electron chi connectivity index (χ3n) is 4.14. The van der Waals surface area contributed by atoms with Crippen molar-refractivity contribution >= 4 is 11.6 Å². The van der Waals surface area contributed by atoms with Gasteiger partial charge in [-0.3, -0.25) is 9.78 Å². The number of aryl methyl sites for hydroxylation is 1. The van der Waals surface area contributed by atoms with E-state index in [1.54, 1.807) is 6.20 Å². The van der Waals surface area contributed by atoms with Gasteiger partial charge < -0.3 is 10.6 Å². The number of anilines is 1. The number of aromatic nitrogens is 1. The van der Waals surface area contributed by atoms with Crippen LogP contribution in [0.4, 0.5) is 5.69 Å². The van der Waals surface area contributed by atoms with Crippen LogP contribution in [0.2, 0.25) is 0 Å². The van der Waals surface area contributed by atoms with Gasteiger partial charge in [-0.2, -0.15) is 0 Å². The van der Waals surface area contributed by atoms with Crippen LogP contribution >= 0.6 is 0 Å². The number of pyridine rings is 1. The van der Waals surface area contributed by atoms with Crippen molar-refractivity contribution in [2.24, 2.45) is 5.41 Å². The highest BCUT2D eigenvalue weighted by molar-refractivity contribution is 5.99. The monoisotopic (exact) mass is 275 g/mol. The number of rotatable bonds is 5. The van der Waals surface area contributed by atoms with Crippen LogP contribution in [0.15, 0.2) is 12.3 Å². The molecule has 0 spiro atoms. The van der Waals surface area contributed by atoms with Gasteiger partial charge in [-0.25, -0.2) is 0 Å².